The van der Waals surface area contributed by atoms with E-state index in [4.69, 9.17) is 5.11 Å². The highest BCUT2D eigenvalue weighted by molar-refractivity contribution is 7.92. The zero-order valence-corrected chi connectivity index (χ0v) is 19.0. The average Bonchev–Trinajstić information content (AvgIpc) is 3.33. The van der Waals surface area contributed by atoms with Crippen molar-refractivity contribution in [2.45, 2.75) is 54.8 Å². The number of carbonyl (C=O) groups excluding carboxylic acids is 1. The minimum absolute atomic E-state index is 0.178. The molecule has 32 heavy (non-hydrogen) atoms. The first-order valence-corrected chi connectivity index (χ1v) is 13.0. The molecular weight excluding hydrogens is 455 g/mol. The lowest BCUT2D eigenvalue weighted by atomic mass is 9.98. The predicted octanol–water partition coefficient (Wildman–Crippen LogP) is 3.46. The minimum Gasteiger partial charge on any atom is -0.393 e. The third-order valence-electron chi connectivity index (χ3n) is 5.82. The van der Waals surface area contributed by atoms with E-state index in [0.29, 0.717) is 18.4 Å². The maximum atomic E-state index is 14.8. The molecule has 1 amide bonds. The third kappa shape index (κ3) is 4.93. The van der Waals surface area contributed by atoms with Crippen molar-refractivity contribution in [2.75, 3.05) is 11.9 Å². The van der Waals surface area contributed by atoms with Gasteiger partial charge in [-0.3, -0.25) is 10.1 Å². The first kappa shape index (κ1) is 23.0. The molecule has 2 aliphatic carbocycles. The second-order valence-electron chi connectivity index (χ2n) is 8.24. The van der Waals surface area contributed by atoms with Crippen molar-refractivity contribution in [1.82, 2.24) is 4.98 Å². The number of aliphatic hydroxyl groups excluding tert-OH is 2. The molecule has 172 valence electrons. The molecule has 2 saturated carbocycles. The SMILES string of the molecule is O=C(Nc1nc(C(O)CO)cs1)/C(=C/C1CCCC1)c1ccc(S(=O)(=O)C2CC2)c(F)c1. The Hall–Kier alpha value is -2.14. The lowest BCUT2D eigenvalue weighted by Crippen LogP contribution is -2.16. The van der Waals surface area contributed by atoms with Gasteiger partial charge in [-0.15, -0.1) is 11.3 Å². The lowest BCUT2D eigenvalue weighted by Gasteiger charge is -2.12. The second-order valence-corrected chi connectivity index (χ2v) is 11.3. The number of aromatic nitrogens is 1. The smallest absolute Gasteiger partial charge is 0.257 e. The summed E-state index contributed by atoms with van der Waals surface area (Å²) < 4.78 is 39.7. The van der Waals surface area contributed by atoms with Crippen LogP contribution in [0.1, 0.15) is 55.9 Å². The zero-order chi connectivity index (χ0) is 22.9. The molecule has 7 nitrogen and oxygen atoms in total. The molecule has 1 aromatic heterocycles. The van der Waals surface area contributed by atoms with Crippen LogP contribution >= 0.6 is 11.3 Å². The fourth-order valence-electron chi connectivity index (χ4n) is 3.87. The molecule has 3 N–H and O–H groups in total. The summed E-state index contributed by atoms with van der Waals surface area (Å²) in [5, 5.41) is 22.7. The number of hydrogen-bond donors (Lipinski definition) is 3. The van der Waals surface area contributed by atoms with Gasteiger partial charge in [-0.05, 0) is 49.3 Å². The maximum absolute atomic E-state index is 14.8. The van der Waals surface area contributed by atoms with Crippen molar-refractivity contribution in [3.05, 3.63) is 46.7 Å². The molecule has 1 aromatic carbocycles. The van der Waals surface area contributed by atoms with Gasteiger partial charge in [0, 0.05) is 11.0 Å². The normalized spacial score (nSPS) is 18.7. The number of rotatable bonds is 8. The van der Waals surface area contributed by atoms with Crippen LogP contribution in [-0.2, 0) is 14.6 Å². The number of halogens is 1. The quantitative estimate of drug-likeness (QED) is 0.498. The molecular formula is C22H25FN2O5S2. The Bertz CT molecular complexity index is 1130. The molecule has 10 heteroatoms. The number of amides is 1. The van der Waals surface area contributed by atoms with Crippen LogP contribution in [0.15, 0.2) is 34.6 Å². The van der Waals surface area contributed by atoms with Crippen molar-refractivity contribution in [3.63, 3.8) is 0 Å². The first-order chi connectivity index (χ1) is 15.3. The molecule has 0 radical (unpaired) electrons. The monoisotopic (exact) mass is 480 g/mol. The molecule has 2 fully saturated rings. The van der Waals surface area contributed by atoms with Gasteiger partial charge >= 0.3 is 0 Å². The van der Waals surface area contributed by atoms with E-state index in [1.807, 2.05) is 6.08 Å². The molecule has 4 rings (SSSR count). The first-order valence-electron chi connectivity index (χ1n) is 10.6. The van der Waals surface area contributed by atoms with Crippen LogP contribution in [-0.4, -0.2) is 41.4 Å². The van der Waals surface area contributed by atoms with Crippen LogP contribution in [0.2, 0.25) is 0 Å². The molecule has 0 bridgehead atoms. The predicted molar refractivity (Wildman–Crippen MR) is 119 cm³/mol. The van der Waals surface area contributed by atoms with Crippen molar-refractivity contribution >= 4 is 37.8 Å². The number of allylic oxidation sites excluding steroid dienone is 1. The summed E-state index contributed by atoms with van der Waals surface area (Å²) in [4.78, 5) is 16.9. The molecule has 1 atom stereocenters. The number of anilines is 1. The highest BCUT2D eigenvalue weighted by atomic mass is 32.2. The third-order valence-corrected chi connectivity index (χ3v) is 8.89. The summed E-state index contributed by atoms with van der Waals surface area (Å²) in [7, 11) is -3.69. The lowest BCUT2D eigenvalue weighted by molar-refractivity contribution is -0.111. The van der Waals surface area contributed by atoms with E-state index in [1.54, 1.807) is 0 Å². The van der Waals surface area contributed by atoms with E-state index >= 15 is 0 Å². The van der Waals surface area contributed by atoms with Crippen molar-refractivity contribution in [3.8, 4) is 0 Å². The summed E-state index contributed by atoms with van der Waals surface area (Å²) in [6.45, 7) is -0.487. The molecule has 0 spiro atoms. The summed E-state index contributed by atoms with van der Waals surface area (Å²) >= 11 is 1.10. The Labute approximate surface area is 189 Å². The Balaban J connectivity index is 1.63. The van der Waals surface area contributed by atoms with Gasteiger partial charge in [0.2, 0.25) is 0 Å². The molecule has 0 saturated heterocycles. The number of sulfone groups is 1. The Morgan fingerprint density at radius 3 is 2.62 bits per heavy atom. The van der Waals surface area contributed by atoms with Crippen molar-refractivity contribution in [2.24, 2.45) is 5.92 Å². The van der Waals surface area contributed by atoms with Gasteiger partial charge in [-0.2, -0.15) is 0 Å². The maximum Gasteiger partial charge on any atom is 0.257 e. The topological polar surface area (TPSA) is 117 Å². The fourth-order valence-corrected chi connectivity index (χ4v) is 6.33. The molecule has 1 heterocycles. The standard InChI is InChI=1S/C22H25FN2O5S2/c23-17-10-14(5-8-20(17)32(29,30)15-6-7-15)16(9-13-3-1-2-4-13)21(28)25-22-24-18(12-31-22)19(27)11-26/h5,8-10,12-13,15,19,26-27H,1-4,6-7,11H2,(H,24,25,28)/b16-9+. The van der Waals surface area contributed by atoms with Gasteiger partial charge in [0.1, 0.15) is 16.8 Å². The summed E-state index contributed by atoms with van der Waals surface area (Å²) in [6, 6.07) is 3.83. The van der Waals surface area contributed by atoms with Crippen LogP contribution in [0.5, 0.6) is 0 Å². The Morgan fingerprint density at radius 2 is 2.00 bits per heavy atom. The van der Waals surface area contributed by atoms with Crippen LogP contribution in [0.25, 0.3) is 5.57 Å². The van der Waals surface area contributed by atoms with Gasteiger partial charge in [0.25, 0.3) is 5.91 Å². The van der Waals surface area contributed by atoms with Crippen LogP contribution in [0.4, 0.5) is 9.52 Å². The van der Waals surface area contributed by atoms with E-state index in [2.05, 4.69) is 10.3 Å². The number of nitrogens with one attached hydrogen (secondary N) is 1. The van der Waals surface area contributed by atoms with Gasteiger partial charge in [0.05, 0.1) is 17.6 Å². The number of hydrogen-bond acceptors (Lipinski definition) is 7. The minimum atomic E-state index is -3.69. The number of benzene rings is 1. The van der Waals surface area contributed by atoms with Crippen LogP contribution in [0.3, 0.4) is 0 Å². The van der Waals surface area contributed by atoms with E-state index in [-0.39, 0.29) is 27.2 Å². The van der Waals surface area contributed by atoms with Crippen LogP contribution in [0, 0.1) is 11.7 Å². The number of thiazole rings is 1. The van der Waals surface area contributed by atoms with E-state index in [1.165, 1.54) is 17.5 Å². The highest BCUT2D eigenvalue weighted by Crippen LogP contribution is 2.36. The average molecular weight is 481 g/mol. The van der Waals surface area contributed by atoms with Crippen molar-refractivity contribution < 1.29 is 27.8 Å². The largest absolute Gasteiger partial charge is 0.393 e. The Kier molecular flexibility index (Phi) is 6.75. The van der Waals surface area contributed by atoms with Gasteiger partial charge in [0.15, 0.2) is 15.0 Å². The number of carbonyl (C=O) groups is 1. The summed E-state index contributed by atoms with van der Waals surface area (Å²) in [5.41, 5.74) is 0.800. The molecule has 2 aromatic rings. The van der Waals surface area contributed by atoms with Crippen molar-refractivity contribution in [1.29, 1.82) is 0 Å². The van der Waals surface area contributed by atoms with E-state index in [9.17, 15) is 22.7 Å². The Morgan fingerprint density at radius 1 is 1.28 bits per heavy atom. The van der Waals surface area contributed by atoms with E-state index in [0.717, 1.165) is 43.1 Å². The van der Waals surface area contributed by atoms with E-state index < -0.39 is 39.5 Å². The number of aliphatic hydroxyl groups is 2. The second kappa shape index (κ2) is 9.38. The van der Waals surface area contributed by atoms with Gasteiger partial charge < -0.3 is 10.2 Å². The summed E-state index contributed by atoms with van der Waals surface area (Å²) in [5.74, 6) is -1.17. The molecule has 1 unspecified atom stereocenters. The zero-order valence-electron chi connectivity index (χ0n) is 17.3. The number of nitrogens with zero attached hydrogens (tertiary/aromatic N) is 1. The fraction of sp³-hybridized carbons (Fsp3) is 0.455. The van der Waals surface area contributed by atoms with Gasteiger partial charge in [-0.25, -0.2) is 17.8 Å². The highest BCUT2D eigenvalue weighted by Gasteiger charge is 2.38. The molecule has 0 aliphatic heterocycles. The van der Waals surface area contributed by atoms with Crippen LogP contribution < -0.4 is 5.32 Å². The summed E-state index contributed by atoms with van der Waals surface area (Å²) in [6.07, 6.45) is 5.73. The molecule has 2 aliphatic rings. The van der Waals surface area contributed by atoms with Gasteiger partial charge in [-0.1, -0.05) is 25.0 Å².